The van der Waals surface area contributed by atoms with Gasteiger partial charge in [-0.1, -0.05) is 71.6 Å². The van der Waals surface area contributed by atoms with Crippen molar-refractivity contribution >= 4 is 11.9 Å². The molecule has 34 heavy (non-hydrogen) atoms. The predicted octanol–water partition coefficient (Wildman–Crippen LogP) is 7.91. The third-order valence-electron chi connectivity index (χ3n) is 5.58. The Labute approximate surface area is 204 Å². The molecule has 5 nitrogen and oxygen atoms in total. The summed E-state index contributed by atoms with van der Waals surface area (Å²) in [6.07, 6.45) is 14.1. The van der Waals surface area contributed by atoms with Crippen LogP contribution in [0.5, 0.6) is 17.2 Å². The maximum absolute atomic E-state index is 12.4. The minimum atomic E-state index is -0.467. The zero-order chi connectivity index (χ0) is 24.4. The van der Waals surface area contributed by atoms with E-state index in [0.29, 0.717) is 30.1 Å². The molecule has 0 heterocycles. The van der Waals surface area contributed by atoms with Gasteiger partial charge in [-0.2, -0.15) is 0 Å². The van der Waals surface area contributed by atoms with E-state index in [1.54, 1.807) is 36.4 Å². The van der Waals surface area contributed by atoms with Crippen LogP contribution in [0.3, 0.4) is 0 Å². The number of ether oxygens (including phenoxy) is 3. The Morgan fingerprint density at radius 1 is 0.588 bits per heavy atom. The van der Waals surface area contributed by atoms with Crippen LogP contribution >= 0.6 is 0 Å². The van der Waals surface area contributed by atoms with Gasteiger partial charge in [0.2, 0.25) is 0 Å². The molecule has 0 unspecified atom stereocenters. The molecule has 2 aromatic carbocycles. The molecule has 2 rings (SSSR count). The Morgan fingerprint density at radius 3 is 1.68 bits per heavy atom. The molecule has 186 valence electrons. The van der Waals surface area contributed by atoms with Gasteiger partial charge in [0.25, 0.3) is 0 Å². The van der Waals surface area contributed by atoms with Crippen molar-refractivity contribution in [1.82, 2.24) is 0 Å². The van der Waals surface area contributed by atoms with Crippen LogP contribution in [0.2, 0.25) is 0 Å². The lowest BCUT2D eigenvalue weighted by atomic mass is 10.1. The number of carbonyl (C=O) groups excluding carboxylic acids is 2. The Hall–Kier alpha value is -2.82. The van der Waals surface area contributed by atoms with Gasteiger partial charge in [0.1, 0.15) is 17.2 Å². The number of esters is 2. The maximum Gasteiger partial charge on any atom is 0.343 e. The van der Waals surface area contributed by atoms with Crippen molar-refractivity contribution in [3.8, 4) is 17.2 Å². The van der Waals surface area contributed by atoms with Gasteiger partial charge in [-0.05, 0) is 61.4 Å². The number of carbonyl (C=O) groups is 2. The zero-order valence-corrected chi connectivity index (χ0v) is 20.9. The first-order valence-electron chi connectivity index (χ1n) is 12.9. The predicted molar refractivity (Wildman–Crippen MR) is 136 cm³/mol. The number of rotatable bonds is 17. The first kappa shape index (κ1) is 27.4. The number of benzene rings is 2. The fraction of sp³-hybridized carbons (Fsp3) is 0.517. The van der Waals surface area contributed by atoms with Crippen LogP contribution in [0.15, 0.2) is 48.5 Å². The summed E-state index contributed by atoms with van der Waals surface area (Å²) in [4.78, 5) is 23.9. The Kier molecular flexibility index (Phi) is 13.5. The van der Waals surface area contributed by atoms with Crippen molar-refractivity contribution in [2.24, 2.45) is 0 Å². The molecule has 0 aliphatic carbocycles. The fourth-order valence-corrected chi connectivity index (χ4v) is 3.60. The van der Waals surface area contributed by atoms with Crippen LogP contribution in [0, 0.1) is 0 Å². The van der Waals surface area contributed by atoms with Crippen LogP contribution in [0.1, 0.15) is 101 Å². The topological polar surface area (TPSA) is 61.8 Å². The van der Waals surface area contributed by atoms with Crippen LogP contribution in [0.25, 0.3) is 0 Å². The van der Waals surface area contributed by atoms with Gasteiger partial charge in [-0.15, -0.1) is 0 Å². The second-order valence-electron chi connectivity index (χ2n) is 8.64. The first-order chi connectivity index (χ1) is 16.6. The van der Waals surface area contributed by atoms with Crippen molar-refractivity contribution < 1.29 is 23.8 Å². The quantitative estimate of drug-likeness (QED) is 0.134. The largest absolute Gasteiger partial charge is 0.494 e. The molecule has 0 aliphatic heterocycles. The summed E-state index contributed by atoms with van der Waals surface area (Å²) in [7, 11) is 0. The van der Waals surface area contributed by atoms with Crippen LogP contribution in [-0.2, 0) is 4.79 Å². The van der Waals surface area contributed by atoms with Gasteiger partial charge in [-0.3, -0.25) is 4.79 Å². The highest BCUT2D eigenvalue weighted by Crippen LogP contribution is 2.20. The lowest BCUT2D eigenvalue weighted by Crippen LogP contribution is -2.09. The molecule has 0 aromatic heterocycles. The molecule has 0 atom stereocenters. The summed E-state index contributed by atoms with van der Waals surface area (Å²) in [6, 6.07) is 13.4. The van der Waals surface area contributed by atoms with E-state index in [1.165, 1.54) is 57.8 Å². The highest BCUT2D eigenvalue weighted by Gasteiger charge is 2.10. The normalized spacial score (nSPS) is 10.6. The maximum atomic E-state index is 12.4. The smallest absolute Gasteiger partial charge is 0.343 e. The summed E-state index contributed by atoms with van der Waals surface area (Å²) in [5.41, 5.74) is 0.386. The van der Waals surface area contributed by atoms with E-state index in [0.717, 1.165) is 18.6 Å². The van der Waals surface area contributed by atoms with Gasteiger partial charge in [-0.25, -0.2) is 4.79 Å². The molecule has 0 bridgehead atoms. The van der Waals surface area contributed by atoms with Gasteiger partial charge >= 0.3 is 11.9 Å². The molecule has 0 amide bonds. The second kappa shape index (κ2) is 16.7. The summed E-state index contributed by atoms with van der Waals surface area (Å²) in [5, 5.41) is 0. The zero-order valence-electron chi connectivity index (χ0n) is 20.9. The molecule has 5 heteroatoms. The number of unbranched alkanes of at least 4 members (excludes halogenated alkanes) is 9. The molecule has 0 radical (unpaired) electrons. The van der Waals surface area contributed by atoms with Crippen molar-refractivity contribution in [2.45, 2.75) is 90.9 Å². The molecule has 0 saturated heterocycles. The molecule has 0 aliphatic rings. The minimum Gasteiger partial charge on any atom is -0.494 e. The van der Waals surface area contributed by atoms with Crippen LogP contribution in [-0.4, -0.2) is 18.5 Å². The molecule has 0 fully saturated rings. The highest BCUT2D eigenvalue weighted by atomic mass is 16.5. The minimum absolute atomic E-state index is 0.284. The van der Waals surface area contributed by atoms with Crippen molar-refractivity contribution in [3.63, 3.8) is 0 Å². The van der Waals surface area contributed by atoms with E-state index in [2.05, 4.69) is 6.92 Å². The third kappa shape index (κ3) is 11.4. The standard InChI is InChI=1S/C29H40O5/c1-3-5-6-7-8-9-10-11-12-13-23-32-25-19-21-27(22-20-25)34-29(31)24-15-17-26(18-16-24)33-28(30)14-4-2/h15-22H,3-14,23H2,1-2H3. The van der Waals surface area contributed by atoms with Crippen molar-refractivity contribution in [3.05, 3.63) is 54.1 Å². The van der Waals surface area contributed by atoms with Gasteiger partial charge in [0.05, 0.1) is 12.2 Å². The highest BCUT2D eigenvalue weighted by molar-refractivity contribution is 5.91. The lowest BCUT2D eigenvalue weighted by molar-refractivity contribution is -0.134. The average molecular weight is 469 g/mol. The monoisotopic (exact) mass is 468 g/mol. The summed E-state index contributed by atoms with van der Waals surface area (Å²) < 4.78 is 16.4. The van der Waals surface area contributed by atoms with E-state index in [-0.39, 0.29) is 5.97 Å². The van der Waals surface area contributed by atoms with Crippen molar-refractivity contribution in [1.29, 1.82) is 0 Å². The van der Waals surface area contributed by atoms with E-state index in [9.17, 15) is 9.59 Å². The lowest BCUT2D eigenvalue weighted by Gasteiger charge is -2.08. The Bertz CT molecular complexity index is 827. The van der Waals surface area contributed by atoms with E-state index >= 15 is 0 Å². The van der Waals surface area contributed by atoms with E-state index < -0.39 is 5.97 Å². The summed E-state index contributed by atoms with van der Waals surface area (Å²) in [5.74, 6) is 0.890. The van der Waals surface area contributed by atoms with Gasteiger partial charge in [0, 0.05) is 6.42 Å². The first-order valence-corrected chi connectivity index (χ1v) is 12.9. The number of hydrogen-bond acceptors (Lipinski definition) is 5. The SMILES string of the molecule is CCCCCCCCCCCCOc1ccc(OC(=O)c2ccc(OC(=O)CCC)cc2)cc1. The molecule has 0 spiro atoms. The van der Waals surface area contributed by atoms with Crippen LogP contribution in [0.4, 0.5) is 0 Å². The summed E-state index contributed by atoms with van der Waals surface area (Å²) >= 11 is 0. The molecule has 0 N–H and O–H groups in total. The van der Waals surface area contributed by atoms with E-state index in [1.807, 2.05) is 19.1 Å². The Balaban J connectivity index is 1.62. The van der Waals surface area contributed by atoms with Gasteiger partial charge in [0.15, 0.2) is 0 Å². The molecule has 2 aromatic rings. The second-order valence-corrected chi connectivity index (χ2v) is 8.64. The molecular weight excluding hydrogens is 428 g/mol. The van der Waals surface area contributed by atoms with Crippen molar-refractivity contribution in [2.75, 3.05) is 6.61 Å². The number of hydrogen-bond donors (Lipinski definition) is 0. The van der Waals surface area contributed by atoms with E-state index in [4.69, 9.17) is 14.2 Å². The molecule has 0 saturated carbocycles. The third-order valence-corrected chi connectivity index (χ3v) is 5.58. The Morgan fingerprint density at radius 2 is 1.09 bits per heavy atom. The van der Waals surface area contributed by atoms with Crippen LogP contribution < -0.4 is 14.2 Å². The summed E-state index contributed by atoms with van der Waals surface area (Å²) in [6.45, 7) is 4.87. The molecular formula is C29H40O5. The fourth-order valence-electron chi connectivity index (χ4n) is 3.60. The van der Waals surface area contributed by atoms with Gasteiger partial charge < -0.3 is 14.2 Å². The average Bonchev–Trinajstić information content (AvgIpc) is 2.84.